The van der Waals surface area contributed by atoms with E-state index in [9.17, 15) is 13.2 Å². The Morgan fingerprint density at radius 3 is 2.62 bits per heavy atom. The van der Waals surface area contributed by atoms with Gasteiger partial charge in [0.2, 0.25) is 0 Å². The molecule has 0 saturated heterocycles. The Morgan fingerprint density at radius 2 is 2.23 bits per heavy atom. The highest BCUT2D eigenvalue weighted by atomic mass is 79.9. The predicted molar refractivity (Wildman–Crippen MR) is 45.1 cm³/mol. The minimum Gasteiger partial charge on any atom is -0.271 e. The van der Waals surface area contributed by atoms with Gasteiger partial charge in [-0.25, -0.2) is 0 Å². The lowest BCUT2D eigenvalue weighted by atomic mass is 10.2. The van der Waals surface area contributed by atoms with Gasteiger partial charge in [0.25, 0.3) is 0 Å². The van der Waals surface area contributed by atoms with Crippen LogP contribution in [0.3, 0.4) is 0 Å². The van der Waals surface area contributed by atoms with Crippen molar-refractivity contribution in [3.05, 3.63) is 16.9 Å². The minimum atomic E-state index is -4.15. The highest BCUT2D eigenvalue weighted by Crippen LogP contribution is 2.26. The Balaban J connectivity index is 2.60. The van der Waals surface area contributed by atoms with Crippen LogP contribution in [0.1, 0.15) is 6.92 Å². The first-order valence-electron chi connectivity index (χ1n) is 3.64. The molecule has 0 aliphatic carbocycles. The van der Waals surface area contributed by atoms with Gasteiger partial charge >= 0.3 is 6.18 Å². The summed E-state index contributed by atoms with van der Waals surface area (Å²) in [5.41, 5.74) is 0. The van der Waals surface area contributed by atoms with Crippen LogP contribution >= 0.6 is 15.9 Å². The summed E-state index contributed by atoms with van der Waals surface area (Å²) in [5.74, 6) is -1.38. The van der Waals surface area contributed by atoms with E-state index in [2.05, 4.69) is 21.0 Å². The summed E-state index contributed by atoms with van der Waals surface area (Å²) >= 11 is 3.11. The Labute approximate surface area is 81.9 Å². The quantitative estimate of drug-likeness (QED) is 0.796. The molecule has 6 heteroatoms. The van der Waals surface area contributed by atoms with Gasteiger partial charge in [-0.2, -0.15) is 18.3 Å². The Bertz CT molecular complexity index is 282. The topological polar surface area (TPSA) is 17.8 Å². The summed E-state index contributed by atoms with van der Waals surface area (Å²) in [6.07, 6.45) is -1.18. The second kappa shape index (κ2) is 3.69. The molecule has 0 fully saturated rings. The van der Waals surface area contributed by atoms with E-state index in [1.54, 1.807) is 0 Å². The SMILES string of the molecule is CC(Cn1cc(Br)cn1)C(F)(F)F. The van der Waals surface area contributed by atoms with Gasteiger partial charge in [0.15, 0.2) is 0 Å². The molecule has 74 valence electrons. The summed E-state index contributed by atoms with van der Waals surface area (Å²) in [4.78, 5) is 0. The van der Waals surface area contributed by atoms with Gasteiger partial charge < -0.3 is 0 Å². The molecule has 1 aromatic heterocycles. The van der Waals surface area contributed by atoms with Gasteiger partial charge in [-0.15, -0.1) is 0 Å². The lowest BCUT2D eigenvalue weighted by molar-refractivity contribution is -0.173. The third-order valence-electron chi connectivity index (χ3n) is 1.62. The van der Waals surface area contributed by atoms with Crippen LogP contribution in [-0.4, -0.2) is 16.0 Å². The number of rotatable bonds is 2. The Hall–Kier alpha value is -0.520. The third-order valence-corrected chi connectivity index (χ3v) is 2.03. The standard InChI is InChI=1S/C7H8BrF3N2/c1-5(7(9,10)11)3-13-4-6(8)2-12-13/h2,4-5H,3H2,1H3. The van der Waals surface area contributed by atoms with Gasteiger partial charge in [-0.3, -0.25) is 4.68 Å². The second-order valence-electron chi connectivity index (χ2n) is 2.82. The molecule has 1 aromatic rings. The molecular formula is C7H8BrF3N2. The molecule has 0 bridgehead atoms. The minimum absolute atomic E-state index is 0.144. The maximum Gasteiger partial charge on any atom is 0.393 e. The van der Waals surface area contributed by atoms with E-state index in [-0.39, 0.29) is 6.54 Å². The fraction of sp³-hybridized carbons (Fsp3) is 0.571. The number of alkyl halides is 3. The van der Waals surface area contributed by atoms with Gasteiger partial charge in [-0.1, -0.05) is 6.92 Å². The molecule has 1 rings (SSSR count). The molecular weight excluding hydrogens is 249 g/mol. The van der Waals surface area contributed by atoms with Crippen molar-refractivity contribution in [2.45, 2.75) is 19.6 Å². The Kier molecular flexibility index (Phi) is 3.00. The van der Waals surface area contributed by atoms with Gasteiger partial charge in [0, 0.05) is 6.20 Å². The normalized spacial score (nSPS) is 14.5. The van der Waals surface area contributed by atoms with Crippen LogP contribution in [0.15, 0.2) is 16.9 Å². The molecule has 1 unspecified atom stereocenters. The van der Waals surface area contributed by atoms with Crippen molar-refractivity contribution in [1.29, 1.82) is 0 Å². The molecule has 1 heterocycles. The van der Waals surface area contributed by atoms with E-state index >= 15 is 0 Å². The van der Waals surface area contributed by atoms with Crippen molar-refractivity contribution in [2.75, 3.05) is 0 Å². The van der Waals surface area contributed by atoms with Crippen LogP contribution in [0.25, 0.3) is 0 Å². The van der Waals surface area contributed by atoms with Crippen molar-refractivity contribution in [1.82, 2.24) is 9.78 Å². The van der Waals surface area contributed by atoms with Crippen LogP contribution < -0.4 is 0 Å². The zero-order chi connectivity index (χ0) is 10.1. The van der Waals surface area contributed by atoms with Crippen LogP contribution in [0.4, 0.5) is 13.2 Å². The van der Waals surface area contributed by atoms with E-state index in [4.69, 9.17) is 0 Å². The molecule has 0 saturated carbocycles. The van der Waals surface area contributed by atoms with Gasteiger partial charge in [-0.05, 0) is 15.9 Å². The number of aromatic nitrogens is 2. The zero-order valence-electron chi connectivity index (χ0n) is 6.85. The number of hydrogen-bond donors (Lipinski definition) is 0. The van der Waals surface area contributed by atoms with Crippen molar-refractivity contribution in [3.63, 3.8) is 0 Å². The summed E-state index contributed by atoms with van der Waals surface area (Å²) in [7, 11) is 0. The molecule has 0 spiro atoms. The monoisotopic (exact) mass is 256 g/mol. The van der Waals surface area contributed by atoms with E-state index in [1.165, 1.54) is 17.1 Å². The molecule has 0 radical (unpaired) electrons. The molecule has 2 nitrogen and oxygen atoms in total. The van der Waals surface area contributed by atoms with Crippen molar-refractivity contribution in [2.24, 2.45) is 5.92 Å². The smallest absolute Gasteiger partial charge is 0.271 e. The fourth-order valence-electron chi connectivity index (χ4n) is 0.822. The summed E-state index contributed by atoms with van der Waals surface area (Å²) in [5, 5.41) is 3.74. The Morgan fingerprint density at radius 1 is 1.62 bits per heavy atom. The molecule has 0 N–H and O–H groups in total. The fourth-order valence-corrected chi connectivity index (χ4v) is 1.15. The average Bonchev–Trinajstić information content (AvgIpc) is 2.33. The second-order valence-corrected chi connectivity index (χ2v) is 3.74. The first-order chi connectivity index (χ1) is 5.89. The van der Waals surface area contributed by atoms with Crippen LogP contribution in [-0.2, 0) is 6.54 Å². The summed E-state index contributed by atoms with van der Waals surface area (Å²) in [6.45, 7) is 0.991. The average molecular weight is 257 g/mol. The van der Waals surface area contributed by atoms with E-state index in [0.29, 0.717) is 4.47 Å². The first-order valence-corrected chi connectivity index (χ1v) is 4.43. The van der Waals surface area contributed by atoms with Crippen molar-refractivity contribution in [3.8, 4) is 0 Å². The molecule has 0 aromatic carbocycles. The highest BCUT2D eigenvalue weighted by Gasteiger charge is 2.36. The first kappa shape index (κ1) is 10.6. The van der Waals surface area contributed by atoms with Gasteiger partial charge in [0.1, 0.15) is 0 Å². The predicted octanol–water partition coefficient (Wildman–Crippen LogP) is 2.84. The van der Waals surface area contributed by atoms with Crippen LogP contribution in [0.2, 0.25) is 0 Å². The maximum atomic E-state index is 12.1. The molecule has 1 atom stereocenters. The summed E-state index contributed by atoms with van der Waals surface area (Å²) in [6, 6.07) is 0. The molecule has 0 aliphatic heterocycles. The highest BCUT2D eigenvalue weighted by molar-refractivity contribution is 9.10. The van der Waals surface area contributed by atoms with E-state index in [1.807, 2.05) is 0 Å². The number of halogens is 4. The molecule has 0 amide bonds. The maximum absolute atomic E-state index is 12.1. The van der Waals surface area contributed by atoms with E-state index < -0.39 is 12.1 Å². The number of nitrogens with zero attached hydrogens (tertiary/aromatic N) is 2. The lowest BCUT2D eigenvalue weighted by Gasteiger charge is -2.14. The molecule has 13 heavy (non-hydrogen) atoms. The van der Waals surface area contributed by atoms with Crippen LogP contribution in [0, 0.1) is 5.92 Å². The summed E-state index contributed by atoms with van der Waals surface area (Å²) < 4.78 is 38.2. The molecule has 0 aliphatic rings. The van der Waals surface area contributed by atoms with Crippen molar-refractivity contribution < 1.29 is 13.2 Å². The third kappa shape index (κ3) is 3.02. The zero-order valence-corrected chi connectivity index (χ0v) is 8.43. The van der Waals surface area contributed by atoms with Crippen molar-refractivity contribution >= 4 is 15.9 Å². The van der Waals surface area contributed by atoms with Gasteiger partial charge in [0.05, 0.1) is 23.1 Å². The van der Waals surface area contributed by atoms with Crippen LogP contribution in [0.5, 0.6) is 0 Å². The largest absolute Gasteiger partial charge is 0.393 e. The lowest BCUT2D eigenvalue weighted by Crippen LogP contribution is -2.24. The number of hydrogen-bond acceptors (Lipinski definition) is 1. The van der Waals surface area contributed by atoms with E-state index in [0.717, 1.165) is 6.92 Å².